The van der Waals surface area contributed by atoms with Gasteiger partial charge in [-0.05, 0) is 158 Å². The highest BCUT2D eigenvalue weighted by Gasteiger charge is 2.36. The lowest BCUT2D eigenvalue weighted by Crippen LogP contribution is -2.09. The molecule has 0 N–H and O–H groups in total. The van der Waals surface area contributed by atoms with Crippen LogP contribution in [0.15, 0.2) is 114 Å². The van der Waals surface area contributed by atoms with Crippen LogP contribution in [0, 0.1) is 11.8 Å². The van der Waals surface area contributed by atoms with Gasteiger partial charge in [-0.1, -0.05) is 83.0 Å². The van der Waals surface area contributed by atoms with Crippen molar-refractivity contribution < 1.29 is 27.5 Å². The largest absolute Gasteiger partial charge is 0.466 e. The predicted octanol–water partition coefficient (Wildman–Crippen LogP) is 13.2. The van der Waals surface area contributed by atoms with Crippen molar-refractivity contribution in [1.82, 2.24) is 0 Å². The number of ketones is 1. The second-order valence-electron chi connectivity index (χ2n) is 14.4. The Morgan fingerprint density at radius 3 is 2.57 bits per heavy atom. The minimum absolute atomic E-state index is 0.0524. The summed E-state index contributed by atoms with van der Waals surface area (Å²) >= 11 is 1.60. The number of carbonyl (C=O) groups excluding carboxylic acids is 2. The highest BCUT2D eigenvalue weighted by atomic mass is 127. The van der Waals surface area contributed by atoms with E-state index in [1.54, 1.807) is 52.9 Å². The molecular weight excluding hydrogens is 803 g/mol. The zero-order valence-electron chi connectivity index (χ0n) is 30.9. The molecule has 2 aromatic rings. The van der Waals surface area contributed by atoms with E-state index in [9.17, 15) is 22.8 Å². The number of carbonyl (C=O) groups is 2. The highest BCUT2D eigenvalue weighted by Crippen LogP contribution is 2.43. The van der Waals surface area contributed by atoms with Gasteiger partial charge >= 0.3 is 5.97 Å². The first-order valence-electron chi connectivity index (χ1n) is 18.4. The molecule has 1 saturated carbocycles. The van der Waals surface area contributed by atoms with E-state index >= 15 is 0 Å². The average molecular weight is 855 g/mol. The average Bonchev–Trinajstić information content (AvgIpc) is 3.20. The SMILES string of the molecule is C=C=C1C(=C)/C(=C\c2cccc(-c3cc(C(F)(F)P)cc(C(C)(F)I)c3)c2)C(=O)C1CCCCC(=C)/C=C/CCC(=O)OCCC1CC=C(C)CCC1. The van der Waals surface area contributed by atoms with Crippen LogP contribution in [0.5, 0.6) is 0 Å². The van der Waals surface area contributed by atoms with E-state index in [0.29, 0.717) is 65.2 Å². The van der Waals surface area contributed by atoms with Gasteiger partial charge in [0.1, 0.15) is 0 Å². The van der Waals surface area contributed by atoms with Gasteiger partial charge in [0.15, 0.2) is 9.46 Å². The van der Waals surface area contributed by atoms with Crippen molar-refractivity contribution in [2.45, 2.75) is 93.8 Å². The summed E-state index contributed by atoms with van der Waals surface area (Å²) in [6.07, 6.45) is 17.5. The van der Waals surface area contributed by atoms with Gasteiger partial charge in [-0.15, -0.1) is 5.73 Å². The van der Waals surface area contributed by atoms with E-state index in [2.05, 4.69) is 38.5 Å². The fraction of sp³-hybridized carbons (Fsp3) is 0.400. The molecule has 0 aromatic heterocycles. The van der Waals surface area contributed by atoms with Crippen LogP contribution in [0.1, 0.15) is 101 Å². The molecule has 8 heteroatoms. The molecule has 0 saturated heterocycles. The van der Waals surface area contributed by atoms with Crippen molar-refractivity contribution >= 4 is 49.7 Å². The Labute approximate surface area is 329 Å². The van der Waals surface area contributed by atoms with Gasteiger partial charge in [0.05, 0.1) is 12.5 Å². The summed E-state index contributed by atoms with van der Waals surface area (Å²) in [5.41, 5.74) is 5.47. The molecule has 0 heterocycles. The summed E-state index contributed by atoms with van der Waals surface area (Å²) < 4.78 is 47.2. The number of rotatable bonds is 16. The van der Waals surface area contributed by atoms with Crippen LogP contribution in [-0.2, 0) is 23.7 Å². The van der Waals surface area contributed by atoms with Crippen LogP contribution in [0.2, 0.25) is 0 Å². The Kier molecular flexibility index (Phi) is 15.5. The first-order chi connectivity index (χ1) is 25.1. The van der Waals surface area contributed by atoms with Crippen molar-refractivity contribution in [2.75, 3.05) is 6.61 Å². The summed E-state index contributed by atoms with van der Waals surface area (Å²) in [6.45, 7) is 16.2. The maximum atomic E-state index is 14.9. The van der Waals surface area contributed by atoms with Gasteiger partial charge in [-0.2, -0.15) is 8.78 Å². The maximum absolute atomic E-state index is 14.9. The summed E-state index contributed by atoms with van der Waals surface area (Å²) in [5, 5.41) is 0. The molecule has 282 valence electrons. The molecule has 0 aliphatic heterocycles. The molecule has 0 radical (unpaired) electrons. The quantitative estimate of drug-likeness (QED) is 0.0194. The van der Waals surface area contributed by atoms with Crippen LogP contribution in [0.25, 0.3) is 17.2 Å². The van der Waals surface area contributed by atoms with Crippen molar-refractivity contribution in [3.8, 4) is 11.1 Å². The van der Waals surface area contributed by atoms with Crippen molar-refractivity contribution in [3.63, 3.8) is 0 Å². The van der Waals surface area contributed by atoms with Crippen LogP contribution < -0.4 is 0 Å². The Balaban J connectivity index is 1.28. The number of allylic oxidation sites excluding steroid dienone is 8. The van der Waals surface area contributed by atoms with Crippen LogP contribution >= 0.6 is 31.8 Å². The van der Waals surface area contributed by atoms with Gasteiger partial charge in [-0.3, -0.25) is 9.59 Å². The molecule has 2 aliphatic rings. The lowest BCUT2D eigenvalue weighted by atomic mass is 9.94. The third-order valence-electron chi connectivity index (χ3n) is 10.0. The topological polar surface area (TPSA) is 43.4 Å². The molecule has 4 atom stereocenters. The molecule has 4 rings (SSSR count). The van der Waals surface area contributed by atoms with Crippen LogP contribution in [0.4, 0.5) is 13.2 Å². The monoisotopic (exact) mass is 854 g/mol. The Bertz CT molecular complexity index is 1800. The second-order valence-corrected chi connectivity index (χ2v) is 17.1. The summed E-state index contributed by atoms with van der Waals surface area (Å²) in [5.74, 6) is -0.0224. The van der Waals surface area contributed by atoms with Gasteiger partial charge in [0, 0.05) is 23.1 Å². The zero-order valence-corrected chi connectivity index (χ0v) is 34.2. The number of benzene rings is 2. The van der Waals surface area contributed by atoms with E-state index < -0.39 is 15.3 Å². The highest BCUT2D eigenvalue weighted by molar-refractivity contribution is 14.1. The first-order valence-corrected chi connectivity index (χ1v) is 20.0. The van der Waals surface area contributed by atoms with Crippen LogP contribution in [-0.4, -0.2) is 18.4 Å². The van der Waals surface area contributed by atoms with Crippen LogP contribution in [0.3, 0.4) is 0 Å². The Hall–Kier alpha value is -3.25. The minimum Gasteiger partial charge on any atom is -0.466 e. The Morgan fingerprint density at radius 2 is 1.85 bits per heavy atom. The predicted molar refractivity (Wildman–Crippen MR) is 224 cm³/mol. The first kappa shape index (κ1) is 42.5. The molecular formula is C45H51F3IO3P. The fourth-order valence-corrected chi connectivity index (χ4v) is 7.35. The molecule has 53 heavy (non-hydrogen) atoms. The van der Waals surface area contributed by atoms with Gasteiger partial charge in [-0.25, -0.2) is 4.39 Å². The second kappa shape index (κ2) is 19.4. The molecule has 1 fully saturated rings. The number of halogens is 4. The summed E-state index contributed by atoms with van der Waals surface area (Å²) in [7, 11) is 1.52. The molecule has 0 amide bonds. The standard InChI is InChI=1S/C45H51F3IO3P/c1-6-39-32(4)41(26-34-17-12-18-35(25-34)36-27-37(44(5,46)49)29-38(28-36)45(47,48)53)43(51)40(39)19-9-7-13-30(2)14-8-10-20-42(50)52-24-23-33-16-11-15-31(3)21-22-33/h8,12,14,17-18,21,25-29,33,40H,1-2,4,7,9-11,13,15-16,19-20,22-24,53H2,3,5H3/b14-8+,41-26+. The smallest absolute Gasteiger partial charge is 0.306 e. The summed E-state index contributed by atoms with van der Waals surface area (Å²) in [6, 6.07) is 11.3. The van der Waals surface area contributed by atoms with Crippen molar-refractivity contribution in [2.24, 2.45) is 11.8 Å². The van der Waals surface area contributed by atoms with E-state index in [-0.39, 0.29) is 22.9 Å². The van der Waals surface area contributed by atoms with Gasteiger partial charge in [0.25, 0.3) is 5.66 Å². The lowest BCUT2D eigenvalue weighted by Gasteiger charge is -2.19. The Morgan fingerprint density at radius 1 is 1.09 bits per heavy atom. The van der Waals surface area contributed by atoms with E-state index in [4.69, 9.17) is 4.74 Å². The third kappa shape index (κ3) is 12.7. The zero-order chi connectivity index (χ0) is 38.8. The fourth-order valence-electron chi connectivity index (χ4n) is 6.87. The molecule has 0 spiro atoms. The van der Waals surface area contributed by atoms with Gasteiger partial charge < -0.3 is 4.74 Å². The van der Waals surface area contributed by atoms with Crippen molar-refractivity contribution in [3.05, 3.63) is 131 Å². The normalized spacial score (nSPS) is 19.9. The van der Waals surface area contributed by atoms with E-state index in [1.165, 1.54) is 53.1 Å². The molecule has 2 aromatic carbocycles. The number of Topliss-reactive ketones (excluding diaryl/α,β-unsaturated/α-hetero) is 1. The number of hydrogen-bond acceptors (Lipinski definition) is 3. The van der Waals surface area contributed by atoms with E-state index in [1.807, 2.05) is 18.2 Å². The number of alkyl halides is 4. The maximum Gasteiger partial charge on any atom is 0.306 e. The number of hydrogen-bond donors (Lipinski definition) is 0. The minimum atomic E-state index is -3.23. The number of unbranched alkanes of at least 4 members (excludes halogenated alkanes) is 1. The van der Waals surface area contributed by atoms with Crippen molar-refractivity contribution in [1.29, 1.82) is 0 Å². The lowest BCUT2D eigenvalue weighted by molar-refractivity contribution is -0.143. The third-order valence-corrected chi connectivity index (χ3v) is 11.0. The molecule has 3 nitrogen and oxygen atoms in total. The number of esters is 1. The summed E-state index contributed by atoms with van der Waals surface area (Å²) in [4.78, 5) is 25.9. The van der Waals surface area contributed by atoms with Gasteiger partial charge in [0.2, 0.25) is 0 Å². The molecule has 0 bridgehead atoms. The molecule has 2 aliphatic carbocycles. The number of ether oxygens (including phenoxy) is 1. The van der Waals surface area contributed by atoms with E-state index in [0.717, 1.165) is 37.7 Å². The molecule has 4 unspecified atom stereocenters.